The molecule has 1 unspecified atom stereocenters. The van der Waals surface area contributed by atoms with Gasteiger partial charge in [-0.3, -0.25) is 4.79 Å². The predicted molar refractivity (Wildman–Crippen MR) is 63.9 cm³/mol. The van der Waals surface area contributed by atoms with Crippen LogP contribution in [0, 0.1) is 16.7 Å². The SMILES string of the molecule is CCCCC(C(=O)O)(C(C)C)C(C)(C)C. The normalized spacial score (nSPS) is 16.5. The topological polar surface area (TPSA) is 37.3 Å². The predicted octanol–water partition coefficient (Wildman–Crippen LogP) is 3.95. The molecule has 0 aromatic carbocycles. The molecule has 0 aliphatic rings. The van der Waals surface area contributed by atoms with E-state index in [1.54, 1.807) is 0 Å². The molecule has 15 heavy (non-hydrogen) atoms. The Balaban J connectivity index is 5.19. The Kier molecular flexibility index (Phi) is 4.82. The summed E-state index contributed by atoms with van der Waals surface area (Å²) in [6.07, 6.45) is 2.82. The third kappa shape index (κ3) is 2.73. The summed E-state index contributed by atoms with van der Waals surface area (Å²) in [7, 11) is 0. The van der Waals surface area contributed by atoms with E-state index in [1.165, 1.54) is 0 Å². The van der Waals surface area contributed by atoms with Crippen LogP contribution in [0.15, 0.2) is 0 Å². The molecule has 1 N–H and O–H groups in total. The number of rotatable bonds is 5. The summed E-state index contributed by atoms with van der Waals surface area (Å²) in [5.74, 6) is -0.472. The summed E-state index contributed by atoms with van der Waals surface area (Å²) in [6.45, 7) is 12.3. The number of carboxylic acids is 1. The molecule has 0 heterocycles. The first-order chi connectivity index (χ1) is 6.70. The first-order valence-corrected chi connectivity index (χ1v) is 5.93. The molecule has 0 saturated carbocycles. The molecule has 2 nitrogen and oxygen atoms in total. The van der Waals surface area contributed by atoms with Gasteiger partial charge in [0.25, 0.3) is 0 Å². The zero-order valence-electron chi connectivity index (χ0n) is 11.1. The van der Waals surface area contributed by atoms with E-state index in [1.807, 2.05) is 34.6 Å². The first kappa shape index (κ1) is 14.5. The number of hydrogen-bond donors (Lipinski definition) is 1. The van der Waals surface area contributed by atoms with Crippen LogP contribution in [0.3, 0.4) is 0 Å². The minimum atomic E-state index is -0.640. The third-order valence-corrected chi connectivity index (χ3v) is 3.63. The Labute approximate surface area is 94.1 Å². The van der Waals surface area contributed by atoms with Gasteiger partial charge >= 0.3 is 5.97 Å². The Morgan fingerprint density at radius 1 is 1.27 bits per heavy atom. The highest BCUT2D eigenvalue weighted by molar-refractivity contribution is 5.76. The second-order valence-corrected chi connectivity index (χ2v) is 5.78. The molecule has 0 radical (unpaired) electrons. The standard InChI is InChI=1S/C13H26O2/c1-7-8-9-13(10(2)3,11(14)15)12(4,5)6/h10H,7-9H2,1-6H3,(H,14,15). The smallest absolute Gasteiger partial charge is 0.310 e. The second-order valence-electron chi connectivity index (χ2n) is 5.78. The van der Waals surface area contributed by atoms with Crippen molar-refractivity contribution in [2.75, 3.05) is 0 Å². The van der Waals surface area contributed by atoms with E-state index in [2.05, 4.69) is 6.92 Å². The zero-order chi connectivity index (χ0) is 12.3. The van der Waals surface area contributed by atoms with Crippen molar-refractivity contribution in [2.24, 2.45) is 16.7 Å². The number of aliphatic carboxylic acids is 1. The third-order valence-electron chi connectivity index (χ3n) is 3.63. The highest BCUT2D eigenvalue weighted by Gasteiger charge is 2.50. The van der Waals surface area contributed by atoms with Crippen molar-refractivity contribution in [1.29, 1.82) is 0 Å². The van der Waals surface area contributed by atoms with E-state index in [0.717, 1.165) is 19.3 Å². The van der Waals surface area contributed by atoms with Gasteiger partial charge in [0.05, 0.1) is 5.41 Å². The fourth-order valence-electron chi connectivity index (χ4n) is 2.66. The van der Waals surface area contributed by atoms with Crippen LogP contribution in [0.1, 0.15) is 60.8 Å². The van der Waals surface area contributed by atoms with Crippen LogP contribution < -0.4 is 0 Å². The van der Waals surface area contributed by atoms with Crippen molar-refractivity contribution in [2.45, 2.75) is 60.8 Å². The lowest BCUT2D eigenvalue weighted by Crippen LogP contribution is -2.47. The molecule has 0 fully saturated rings. The highest BCUT2D eigenvalue weighted by Crippen LogP contribution is 2.48. The molecule has 1 atom stereocenters. The molecule has 0 spiro atoms. The highest BCUT2D eigenvalue weighted by atomic mass is 16.4. The Morgan fingerprint density at radius 2 is 1.73 bits per heavy atom. The lowest BCUT2D eigenvalue weighted by molar-refractivity contribution is -0.162. The van der Waals surface area contributed by atoms with Crippen LogP contribution in [0.2, 0.25) is 0 Å². The number of hydrogen-bond acceptors (Lipinski definition) is 1. The molecule has 0 saturated heterocycles. The van der Waals surface area contributed by atoms with Crippen molar-refractivity contribution in [3.8, 4) is 0 Å². The maximum atomic E-state index is 11.6. The molecule has 0 aliphatic carbocycles. The van der Waals surface area contributed by atoms with Crippen molar-refractivity contribution in [3.63, 3.8) is 0 Å². The average Bonchev–Trinajstić information content (AvgIpc) is 2.01. The Hall–Kier alpha value is -0.530. The van der Waals surface area contributed by atoms with Crippen LogP contribution in [-0.4, -0.2) is 11.1 Å². The summed E-state index contributed by atoms with van der Waals surface area (Å²) in [5, 5.41) is 9.56. The molecule has 0 amide bonds. The number of unbranched alkanes of at least 4 members (excludes halogenated alkanes) is 1. The van der Waals surface area contributed by atoms with E-state index >= 15 is 0 Å². The van der Waals surface area contributed by atoms with Crippen LogP contribution >= 0.6 is 0 Å². The van der Waals surface area contributed by atoms with Crippen molar-refractivity contribution >= 4 is 5.97 Å². The van der Waals surface area contributed by atoms with Crippen LogP contribution in [0.4, 0.5) is 0 Å². The molecule has 2 heteroatoms. The van der Waals surface area contributed by atoms with E-state index < -0.39 is 11.4 Å². The minimum Gasteiger partial charge on any atom is -0.481 e. The van der Waals surface area contributed by atoms with E-state index in [0.29, 0.717) is 0 Å². The van der Waals surface area contributed by atoms with Gasteiger partial charge in [-0.25, -0.2) is 0 Å². The van der Waals surface area contributed by atoms with Gasteiger partial charge in [0.1, 0.15) is 0 Å². The number of carbonyl (C=O) groups is 1. The fraction of sp³-hybridized carbons (Fsp3) is 0.923. The molecular weight excluding hydrogens is 188 g/mol. The minimum absolute atomic E-state index is 0.168. The van der Waals surface area contributed by atoms with Crippen LogP contribution in [-0.2, 0) is 4.79 Å². The van der Waals surface area contributed by atoms with Gasteiger partial charge in [-0.05, 0) is 17.8 Å². The van der Waals surface area contributed by atoms with Crippen molar-refractivity contribution in [3.05, 3.63) is 0 Å². The van der Waals surface area contributed by atoms with E-state index in [-0.39, 0.29) is 11.3 Å². The molecule has 90 valence electrons. The summed E-state index contributed by atoms with van der Waals surface area (Å²) < 4.78 is 0. The average molecular weight is 214 g/mol. The first-order valence-electron chi connectivity index (χ1n) is 5.93. The lowest BCUT2D eigenvalue weighted by Gasteiger charge is -2.44. The van der Waals surface area contributed by atoms with Gasteiger partial charge in [-0.2, -0.15) is 0 Å². The van der Waals surface area contributed by atoms with E-state index in [9.17, 15) is 9.90 Å². The quantitative estimate of drug-likeness (QED) is 0.752. The van der Waals surface area contributed by atoms with Gasteiger partial charge in [-0.1, -0.05) is 54.4 Å². The fourth-order valence-corrected chi connectivity index (χ4v) is 2.66. The summed E-state index contributed by atoms with van der Waals surface area (Å²) in [6, 6.07) is 0. The Morgan fingerprint density at radius 3 is 1.93 bits per heavy atom. The van der Waals surface area contributed by atoms with Crippen LogP contribution in [0.5, 0.6) is 0 Å². The van der Waals surface area contributed by atoms with Gasteiger partial charge in [-0.15, -0.1) is 0 Å². The molecule has 0 aromatic rings. The van der Waals surface area contributed by atoms with Gasteiger partial charge in [0.2, 0.25) is 0 Å². The van der Waals surface area contributed by atoms with Gasteiger partial charge < -0.3 is 5.11 Å². The molecule has 0 aliphatic heterocycles. The summed E-state index contributed by atoms with van der Waals surface area (Å²) in [4.78, 5) is 11.6. The second kappa shape index (κ2) is 5.00. The van der Waals surface area contributed by atoms with Crippen molar-refractivity contribution < 1.29 is 9.90 Å². The number of carboxylic acid groups (broad SMARTS) is 1. The monoisotopic (exact) mass is 214 g/mol. The largest absolute Gasteiger partial charge is 0.481 e. The van der Waals surface area contributed by atoms with E-state index in [4.69, 9.17) is 0 Å². The maximum absolute atomic E-state index is 11.6. The van der Waals surface area contributed by atoms with Gasteiger partial charge in [0, 0.05) is 0 Å². The lowest BCUT2D eigenvalue weighted by atomic mass is 9.58. The summed E-state index contributed by atoms with van der Waals surface area (Å²) in [5.41, 5.74) is -0.787. The molecule has 0 rings (SSSR count). The Bertz CT molecular complexity index is 213. The zero-order valence-corrected chi connectivity index (χ0v) is 11.1. The molecular formula is C13H26O2. The van der Waals surface area contributed by atoms with Crippen LogP contribution in [0.25, 0.3) is 0 Å². The molecule has 0 aromatic heterocycles. The van der Waals surface area contributed by atoms with Gasteiger partial charge in [0.15, 0.2) is 0 Å². The summed E-state index contributed by atoms with van der Waals surface area (Å²) >= 11 is 0. The van der Waals surface area contributed by atoms with Crippen molar-refractivity contribution in [1.82, 2.24) is 0 Å². The maximum Gasteiger partial charge on any atom is 0.310 e. The molecule has 0 bridgehead atoms.